The number of ketones is 1. The maximum absolute atomic E-state index is 12.8. The Morgan fingerprint density at radius 2 is 2.05 bits per heavy atom. The van der Waals surface area contributed by atoms with Crippen LogP contribution in [0.2, 0.25) is 0 Å². The Hall–Kier alpha value is -2.03. The first-order chi connectivity index (χ1) is 8.79. The fourth-order valence-electron chi connectivity index (χ4n) is 1.72. The van der Waals surface area contributed by atoms with Gasteiger partial charge in [-0.3, -0.25) is 4.79 Å². The quantitative estimate of drug-likeness (QED) is 0.844. The van der Waals surface area contributed by atoms with Gasteiger partial charge in [-0.25, -0.2) is 0 Å². The number of rotatable bonds is 4. The number of alkyl halides is 3. The van der Waals surface area contributed by atoms with Crippen LogP contribution in [-0.4, -0.2) is 18.9 Å². The molecule has 19 heavy (non-hydrogen) atoms. The third kappa shape index (κ3) is 3.71. The van der Waals surface area contributed by atoms with E-state index in [4.69, 9.17) is 5.26 Å². The molecule has 0 saturated heterocycles. The molecule has 0 N–H and O–H groups in total. The summed E-state index contributed by atoms with van der Waals surface area (Å²) >= 11 is 0. The van der Waals surface area contributed by atoms with Crippen LogP contribution in [0, 0.1) is 11.3 Å². The van der Waals surface area contributed by atoms with E-state index in [0.717, 1.165) is 12.1 Å². The van der Waals surface area contributed by atoms with Crippen LogP contribution in [0.4, 0.5) is 18.9 Å². The second-order valence-electron chi connectivity index (χ2n) is 4.06. The molecule has 0 amide bonds. The van der Waals surface area contributed by atoms with Crippen molar-refractivity contribution in [2.75, 3.05) is 18.0 Å². The van der Waals surface area contributed by atoms with E-state index in [2.05, 4.69) is 0 Å². The van der Waals surface area contributed by atoms with Crippen LogP contribution in [0.25, 0.3) is 0 Å². The molecule has 0 fully saturated rings. The number of carbonyl (C=O) groups is 1. The molecule has 6 heteroatoms. The van der Waals surface area contributed by atoms with Crippen molar-refractivity contribution in [2.45, 2.75) is 20.0 Å². The van der Waals surface area contributed by atoms with Gasteiger partial charge in [0, 0.05) is 12.2 Å². The van der Waals surface area contributed by atoms with Gasteiger partial charge in [0.15, 0.2) is 0 Å². The molecule has 0 heterocycles. The lowest BCUT2D eigenvalue weighted by Crippen LogP contribution is -2.28. The summed E-state index contributed by atoms with van der Waals surface area (Å²) < 4.78 is 38.4. The van der Waals surface area contributed by atoms with E-state index in [1.54, 1.807) is 6.92 Å². The number of likely N-dealkylation sites (N-methyl/N-ethyl adjacent to an activating group) is 1. The Kier molecular flexibility index (Phi) is 4.54. The van der Waals surface area contributed by atoms with Crippen molar-refractivity contribution in [2.24, 2.45) is 0 Å². The fraction of sp³-hybridized carbons (Fsp3) is 0.385. The Labute approximate surface area is 109 Å². The first-order valence-corrected chi connectivity index (χ1v) is 5.65. The molecule has 3 nitrogen and oxygen atoms in total. The summed E-state index contributed by atoms with van der Waals surface area (Å²) in [5.41, 5.74) is -1.12. The van der Waals surface area contributed by atoms with Crippen molar-refractivity contribution in [1.29, 1.82) is 5.26 Å². The first-order valence-electron chi connectivity index (χ1n) is 5.65. The van der Waals surface area contributed by atoms with Gasteiger partial charge in [0.25, 0.3) is 0 Å². The lowest BCUT2D eigenvalue weighted by atomic mass is 10.1. The third-order valence-electron chi connectivity index (χ3n) is 2.59. The Morgan fingerprint density at radius 1 is 1.42 bits per heavy atom. The summed E-state index contributed by atoms with van der Waals surface area (Å²) in [6.45, 7) is 3.56. The van der Waals surface area contributed by atoms with E-state index >= 15 is 0 Å². The first kappa shape index (κ1) is 15.0. The van der Waals surface area contributed by atoms with Crippen LogP contribution in [0.3, 0.4) is 0 Å². The zero-order valence-corrected chi connectivity index (χ0v) is 10.6. The van der Waals surface area contributed by atoms with Crippen LogP contribution < -0.4 is 4.90 Å². The molecule has 102 valence electrons. The molecule has 1 rings (SSSR count). The van der Waals surface area contributed by atoms with E-state index in [-0.39, 0.29) is 18.0 Å². The minimum atomic E-state index is -4.59. The number of anilines is 1. The fourth-order valence-corrected chi connectivity index (χ4v) is 1.72. The number of nitrogens with zero attached hydrogens (tertiary/aromatic N) is 2. The summed E-state index contributed by atoms with van der Waals surface area (Å²) in [5, 5.41) is 8.70. The van der Waals surface area contributed by atoms with Crippen molar-refractivity contribution >= 4 is 11.5 Å². The predicted molar refractivity (Wildman–Crippen MR) is 64.7 cm³/mol. The van der Waals surface area contributed by atoms with Crippen LogP contribution in [0.5, 0.6) is 0 Å². The Balaban J connectivity index is 3.25. The van der Waals surface area contributed by atoms with Crippen molar-refractivity contribution in [3.05, 3.63) is 29.3 Å². The Morgan fingerprint density at radius 3 is 2.47 bits per heavy atom. The number of hydrogen-bond donors (Lipinski definition) is 0. The lowest BCUT2D eigenvalue weighted by Gasteiger charge is -2.23. The molecule has 0 radical (unpaired) electrons. The van der Waals surface area contributed by atoms with Gasteiger partial charge in [-0.15, -0.1) is 0 Å². The second-order valence-corrected chi connectivity index (χ2v) is 4.06. The topological polar surface area (TPSA) is 44.1 Å². The predicted octanol–water partition coefficient (Wildman–Crippen LogP) is 2.99. The molecule has 0 aromatic heterocycles. The van der Waals surface area contributed by atoms with Crippen LogP contribution >= 0.6 is 0 Å². The summed E-state index contributed by atoms with van der Waals surface area (Å²) in [7, 11) is 0. The highest BCUT2D eigenvalue weighted by Crippen LogP contribution is 2.34. The van der Waals surface area contributed by atoms with Gasteiger partial charge in [0.05, 0.1) is 23.7 Å². The zero-order valence-electron chi connectivity index (χ0n) is 10.6. The van der Waals surface area contributed by atoms with E-state index in [1.165, 1.54) is 24.0 Å². The average molecular weight is 270 g/mol. The molecule has 0 aliphatic rings. The van der Waals surface area contributed by atoms with Gasteiger partial charge >= 0.3 is 6.18 Å². The number of halogens is 3. The largest absolute Gasteiger partial charge is 0.417 e. The van der Waals surface area contributed by atoms with Gasteiger partial charge in [-0.1, -0.05) is 0 Å². The minimum Gasteiger partial charge on any atom is -0.364 e. The highest BCUT2D eigenvalue weighted by atomic mass is 19.4. The molecule has 0 saturated carbocycles. The molecule has 1 aromatic carbocycles. The number of hydrogen-bond acceptors (Lipinski definition) is 3. The molecule has 0 aliphatic heterocycles. The van der Waals surface area contributed by atoms with Crippen LogP contribution in [-0.2, 0) is 11.0 Å². The second kappa shape index (κ2) is 5.74. The SMILES string of the molecule is CCN(CC(C)=O)c1ccc(C#N)c(C(F)(F)F)c1. The summed E-state index contributed by atoms with van der Waals surface area (Å²) in [5.74, 6) is -0.139. The number of Topliss-reactive ketones (excluding diaryl/α,β-unsaturated/α-hetero) is 1. The average Bonchev–Trinajstić information content (AvgIpc) is 2.34. The molecule has 0 atom stereocenters. The van der Waals surface area contributed by atoms with Gasteiger partial charge < -0.3 is 4.90 Å². The molecule has 1 aromatic rings. The summed E-state index contributed by atoms with van der Waals surface area (Å²) in [6, 6.07) is 4.97. The molecule has 0 unspecified atom stereocenters. The van der Waals surface area contributed by atoms with Crippen LogP contribution in [0.15, 0.2) is 18.2 Å². The number of benzene rings is 1. The van der Waals surface area contributed by atoms with E-state index < -0.39 is 17.3 Å². The molecule has 0 aliphatic carbocycles. The normalized spacial score (nSPS) is 10.9. The standard InChI is InChI=1S/C13H13F3N2O/c1-3-18(8-9(2)19)11-5-4-10(7-17)12(6-11)13(14,15)16/h4-6H,3,8H2,1-2H3. The van der Waals surface area contributed by atoms with E-state index in [1.807, 2.05) is 0 Å². The van der Waals surface area contributed by atoms with Crippen LogP contribution in [0.1, 0.15) is 25.0 Å². The molecule has 0 spiro atoms. The molecule has 0 bridgehead atoms. The van der Waals surface area contributed by atoms with Gasteiger partial charge in [0.2, 0.25) is 0 Å². The van der Waals surface area contributed by atoms with E-state index in [0.29, 0.717) is 6.54 Å². The Bertz CT molecular complexity index is 518. The summed E-state index contributed by atoms with van der Waals surface area (Å²) in [4.78, 5) is 12.6. The van der Waals surface area contributed by atoms with Crippen molar-refractivity contribution in [3.8, 4) is 6.07 Å². The number of nitriles is 1. The zero-order chi connectivity index (χ0) is 14.6. The number of carbonyl (C=O) groups excluding carboxylic acids is 1. The van der Waals surface area contributed by atoms with E-state index in [9.17, 15) is 18.0 Å². The van der Waals surface area contributed by atoms with Gasteiger partial charge in [-0.05, 0) is 32.0 Å². The van der Waals surface area contributed by atoms with Gasteiger partial charge in [-0.2, -0.15) is 18.4 Å². The maximum atomic E-state index is 12.8. The maximum Gasteiger partial charge on any atom is 0.417 e. The van der Waals surface area contributed by atoms with Crippen molar-refractivity contribution in [1.82, 2.24) is 0 Å². The smallest absolute Gasteiger partial charge is 0.364 e. The van der Waals surface area contributed by atoms with Crippen molar-refractivity contribution in [3.63, 3.8) is 0 Å². The minimum absolute atomic E-state index is 0.0414. The van der Waals surface area contributed by atoms with Crippen molar-refractivity contribution < 1.29 is 18.0 Å². The molecular weight excluding hydrogens is 257 g/mol. The summed E-state index contributed by atoms with van der Waals surface area (Å²) in [6.07, 6.45) is -4.59. The highest BCUT2D eigenvalue weighted by Gasteiger charge is 2.34. The molecular formula is C13H13F3N2O. The highest BCUT2D eigenvalue weighted by molar-refractivity contribution is 5.81. The lowest BCUT2D eigenvalue weighted by molar-refractivity contribution is -0.137. The monoisotopic (exact) mass is 270 g/mol. The third-order valence-corrected chi connectivity index (χ3v) is 2.59. The van der Waals surface area contributed by atoms with Gasteiger partial charge in [0.1, 0.15) is 5.78 Å².